The second-order valence-corrected chi connectivity index (χ2v) is 6.78. The molecule has 0 bridgehead atoms. The fraction of sp³-hybridized carbons (Fsp3) is 0.562. The summed E-state index contributed by atoms with van der Waals surface area (Å²) in [6.07, 6.45) is 2.06. The van der Waals surface area contributed by atoms with Crippen LogP contribution in [0, 0.1) is 0 Å². The third kappa shape index (κ3) is 3.58. The van der Waals surface area contributed by atoms with E-state index in [0.717, 1.165) is 25.9 Å². The van der Waals surface area contributed by atoms with Crippen LogP contribution >= 0.6 is 15.9 Å². The molecule has 2 N–H and O–H groups in total. The van der Waals surface area contributed by atoms with Crippen LogP contribution in [0.25, 0.3) is 0 Å². The van der Waals surface area contributed by atoms with Crippen molar-refractivity contribution in [3.8, 4) is 0 Å². The molecule has 1 aromatic carbocycles. The quantitative estimate of drug-likeness (QED) is 0.849. The summed E-state index contributed by atoms with van der Waals surface area (Å²) in [5, 5.41) is 0. The Morgan fingerprint density at radius 2 is 2.00 bits per heavy atom. The zero-order chi connectivity index (χ0) is 15.6. The molecule has 0 unspecified atom stereocenters. The molecular weight excluding hydrogens is 330 g/mol. The third-order valence-electron chi connectivity index (χ3n) is 4.36. The van der Waals surface area contributed by atoms with Crippen LogP contribution in [0.1, 0.15) is 37.0 Å². The van der Waals surface area contributed by atoms with E-state index in [1.165, 1.54) is 0 Å². The fourth-order valence-corrected chi connectivity index (χ4v) is 3.29. The predicted octanol–water partition coefficient (Wildman–Crippen LogP) is 2.98. The van der Waals surface area contributed by atoms with Crippen LogP contribution in [0.15, 0.2) is 22.7 Å². The van der Waals surface area contributed by atoms with E-state index in [4.69, 9.17) is 5.73 Å². The maximum Gasteiger partial charge on any atom is 0.255 e. The van der Waals surface area contributed by atoms with E-state index in [-0.39, 0.29) is 5.91 Å². The molecule has 0 saturated carbocycles. The fourth-order valence-electron chi connectivity index (χ4n) is 2.86. The summed E-state index contributed by atoms with van der Waals surface area (Å²) in [4.78, 5) is 17.0. The minimum Gasteiger partial charge on any atom is -0.398 e. The molecule has 0 atom stereocenters. The van der Waals surface area contributed by atoms with Gasteiger partial charge in [0.15, 0.2) is 0 Å². The van der Waals surface area contributed by atoms with E-state index < -0.39 is 0 Å². The van der Waals surface area contributed by atoms with Crippen molar-refractivity contribution in [1.82, 2.24) is 9.80 Å². The summed E-state index contributed by atoms with van der Waals surface area (Å²) < 4.78 is 0.696. The topological polar surface area (TPSA) is 49.6 Å². The van der Waals surface area contributed by atoms with Gasteiger partial charge in [-0.05, 0) is 54.8 Å². The van der Waals surface area contributed by atoms with Crippen LogP contribution in [-0.2, 0) is 0 Å². The lowest BCUT2D eigenvalue weighted by molar-refractivity contribution is 0.0614. The van der Waals surface area contributed by atoms with Crippen molar-refractivity contribution in [2.24, 2.45) is 0 Å². The number of benzene rings is 1. The molecule has 1 heterocycles. The number of amides is 1. The Labute approximate surface area is 135 Å². The van der Waals surface area contributed by atoms with Crippen molar-refractivity contribution in [2.75, 3.05) is 25.9 Å². The number of halogens is 1. The molecule has 0 spiro atoms. The molecule has 1 aromatic rings. The largest absolute Gasteiger partial charge is 0.398 e. The molecule has 1 saturated heterocycles. The van der Waals surface area contributed by atoms with Gasteiger partial charge in [0.1, 0.15) is 0 Å². The number of nitrogens with two attached hydrogens (primary N) is 1. The Balaban J connectivity index is 2.05. The zero-order valence-electron chi connectivity index (χ0n) is 13.0. The number of nitrogens with zero attached hydrogens (tertiary/aromatic N) is 2. The molecule has 1 aliphatic heterocycles. The highest BCUT2D eigenvalue weighted by molar-refractivity contribution is 9.10. The summed E-state index contributed by atoms with van der Waals surface area (Å²) in [7, 11) is 1.90. The van der Waals surface area contributed by atoms with Crippen LogP contribution in [0.2, 0.25) is 0 Å². The van der Waals surface area contributed by atoms with Crippen LogP contribution in [0.3, 0.4) is 0 Å². The first-order valence-electron chi connectivity index (χ1n) is 7.47. The molecule has 4 nitrogen and oxygen atoms in total. The summed E-state index contributed by atoms with van der Waals surface area (Å²) in [5.74, 6) is 0.0390. The molecule has 116 valence electrons. The summed E-state index contributed by atoms with van der Waals surface area (Å²) in [5.41, 5.74) is 7.11. The number of rotatable bonds is 3. The summed E-state index contributed by atoms with van der Waals surface area (Å²) >= 11 is 3.42. The van der Waals surface area contributed by atoms with Crippen molar-refractivity contribution in [2.45, 2.75) is 38.8 Å². The normalized spacial score (nSPS) is 17.2. The minimum absolute atomic E-state index is 0.0390. The Kier molecular flexibility index (Phi) is 5.27. The maximum absolute atomic E-state index is 12.7. The second kappa shape index (κ2) is 6.79. The van der Waals surface area contributed by atoms with Crippen molar-refractivity contribution in [1.29, 1.82) is 0 Å². The first kappa shape index (κ1) is 16.3. The van der Waals surface area contributed by atoms with Gasteiger partial charge in [-0.15, -0.1) is 0 Å². The van der Waals surface area contributed by atoms with E-state index >= 15 is 0 Å². The highest BCUT2D eigenvalue weighted by atomic mass is 79.9. The van der Waals surface area contributed by atoms with Crippen molar-refractivity contribution < 1.29 is 4.79 Å². The van der Waals surface area contributed by atoms with Gasteiger partial charge in [0.2, 0.25) is 0 Å². The molecule has 1 aliphatic rings. The molecule has 1 fully saturated rings. The highest BCUT2D eigenvalue weighted by Crippen LogP contribution is 2.26. The first-order chi connectivity index (χ1) is 9.91. The number of carbonyl (C=O) groups is 1. The SMILES string of the molecule is CC(C)N1CCC(N(C)C(=O)c2cccc(N)c2Br)CC1. The highest BCUT2D eigenvalue weighted by Gasteiger charge is 2.27. The zero-order valence-corrected chi connectivity index (χ0v) is 14.6. The van der Waals surface area contributed by atoms with Gasteiger partial charge in [-0.3, -0.25) is 4.79 Å². The van der Waals surface area contributed by atoms with Gasteiger partial charge in [-0.1, -0.05) is 6.07 Å². The van der Waals surface area contributed by atoms with E-state index in [1.54, 1.807) is 6.07 Å². The van der Waals surface area contributed by atoms with Gasteiger partial charge >= 0.3 is 0 Å². The number of carbonyl (C=O) groups excluding carboxylic acids is 1. The smallest absolute Gasteiger partial charge is 0.255 e. The summed E-state index contributed by atoms with van der Waals surface area (Å²) in [6.45, 7) is 6.55. The Hall–Kier alpha value is -1.07. The Morgan fingerprint density at radius 3 is 2.57 bits per heavy atom. The van der Waals surface area contributed by atoms with Crippen LogP contribution < -0.4 is 5.73 Å². The van der Waals surface area contributed by atoms with Crippen molar-refractivity contribution in [3.05, 3.63) is 28.2 Å². The van der Waals surface area contributed by atoms with Gasteiger partial charge in [0, 0.05) is 37.9 Å². The minimum atomic E-state index is 0.0390. The molecule has 0 aromatic heterocycles. The Morgan fingerprint density at radius 1 is 1.38 bits per heavy atom. The average Bonchev–Trinajstić information content (AvgIpc) is 2.48. The van der Waals surface area contributed by atoms with Gasteiger partial charge in [0.05, 0.1) is 10.0 Å². The maximum atomic E-state index is 12.7. The van der Waals surface area contributed by atoms with E-state index in [9.17, 15) is 4.79 Å². The van der Waals surface area contributed by atoms with E-state index in [2.05, 4.69) is 34.7 Å². The predicted molar refractivity (Wildman–Crippen MR) is 90.4 cm³/mol. The Bertz CT molecular complexity index is 510. The summed E-state index contributed by atoms with van der Waals surface area (Å²) in [6, 6.07) is 6.32. The number of hydrogen-bond donors (Lipinski definition) is 1. The third-order valence-corrected chi connectivity index (χ3v) is 5.24. The lowest BCUT2D eigenvalue weighted by atomic mass is 10.0. The molecule has 2 rings (SSSR count). The first-order valence-corrected chi connectivity index (χ1v) is 8.26. The number of nitrogen functional groups attached to an aromatic ring is 1. The lowest BCUT2D eigenvalue weighted by Gasteiger charge is -2.38. The van der Waals surface area contributed by atoms with Crippen LogP contribution in [0.4, 0.5) is 5.69 Å². The molecule has 0 aliphatic carbocycles. The number of piperidine rings is 1. The van der Waals surface area contributed by atoms with Crippen LogP contribution in [-0.4, -0.2) is 47.9 Å². The van der Waals surface area contributed by atoms with Gasteiger partial charge in [-0.25, -0.2) is 0 Å². The van der Waals surface area contributed by atoms with E-state index in [0.29, 0.717) is 27.8 Å². The number of likely N-dealkylation sites (tertiary alicyclic amines) is 1. The van der Waals surface area contributed by atoms with Crippen LogP contribution in [0.5, 0.6) is 0 Å². The number of anilines is 1. The van der Waals surface area contributed by atoms with E-state index in [1.807, 2.05) is 24.1 Å². The van der Waals surface area contributed by atoms with Crippen molar-refractivity contribution in [3.63, 3.8) is 0 Å². The lowest BCUT2D eigenvalue weighted by Crippen LogP contribution is -2.47. The number of hydrogen-bond acceptors (Lipinski definition) is 3. The van der Waals surface area contributed by atoms with Gasteiger partial charge < -0.3 is 15.5 Å². The molecule has 1 amide bonds. The van der Waals surface area contributed by atoms with Gasteiger partial charge in [0.25, 0.3) is 5.91 Å². The molecule has 0 radical (unpaired) electrons. The van der Waals surface area contributed by atoms with Gasteiger partial charge in [-0.2, -0.15) is 0 Å². The van der Waals surface area contributed by atoms with Crippen molar-refractivity contribution >= 4 is 27.5 Å². The molecule has 5 heteroatoms. The standard InChI is InChI=1S/C16H24BrN3O/c1-11(2)20-9-7-12(8-10-20)19(3)16(21)13-5-4-6-14(18)15(13)17/h4-6,11-12H,7-10,18H2,1-3H3. The monoisotopic (exact) mass is 353 g/mol. The second-order valence-electron chi connectivity index (χ2n) is 5.99. The molecule has 21 heavy (non-hydrogen) atoms. The molecular formula is C16H24BrN3O. The average molecular weight is 354 g/mol.